The molecule has 1 amide bonds. The molecule has 3 rings (SSSR count). The van der Waals surface area contributed by atoms with E-state index in [0.717, 1.165) is 18.9 Å². The van der Waals surface area contributed by atoms with E-state index in [-0.39, 0.29) is 11.7 Å². The Hall–Kier alpha value is -2.37. The number of rotatable bonds is 3. The van der Waals surface area contributed by atoms with Crippen LogP contribution in [0.25, 0.3) is 0 Å². The lowest BCUT2D eigenvalue weighted by Crippen LogP contribution is -2.25. The van der Waals surface area contributed by atoms with E-state index in [9.17, 15) is 4.79 Å². The van der Waals surface area contributed by atoms with Crippen molar-refractivity contribution in [2.75, 3.05) is 23.3 Å². The molecule has 0 aliphatic carbocycles. The largest absolute Gasteiger partial charge is 0.459 e. The molecule has 1 aliphatic heterocycles. The number of anilines is 2. The molecule has 3 heterocycles. The van der Waals surface area contributed by atoms with Crippen molar-refractivity contribution < 1.29 is 9.21 Å². The number of carbonyl (C=O) groups is 1. The van der Waals surface area contributed by atoms with Crippen LogP contribution in [-0.4, -0.2) is 29.2 Å². The average molecular weight is 286 g/mol. The molecule has 2 aromatic rings. The highest BCUT2D eigenvalue weighted by molar-refractivity contribution is 6.01. The summed E-state index contributed by atoms with van der Waals surface area (Å²) in [5.74, 6) is 1.23. The number of carbonyl (C=O) groups excluding carboxylic acids is 1. The van der Waals surface area contributed by atoms with Crippen LogP contribution < -0.4 is 10.2 Å². The van der Waals surface area contributed by atoms with Crippen molar-refractivity contribution in [2.45, 2.75) is 25.7 Å². The molecule has 1 N–H and O–H groups in total. The molecule has 6 nitrogen and oxygen atoms in total. The molecule has 0 unspecified atom stereocenters. The maximum absolute atomic E-state index is 11.8. The first-order valence-electron chi connectivity index (χ1n) is 7.26. The standard InChI is InChI=1S/C15H18N4O2/c20-15(12-6-5-11-21-12)16-13-7-8-14(18-17-13)19-9-3-1-2-4-10-19/h5-8,11H,1-4,9-10H2,(H,16,17,20). The third-order valence-electron chi connectivity index (χ3n) is 3.57. The van der Waals surface area contributed by atoms with Gasteiger partial charge in [0.15, 0.2) is 17.4 Å². The van der Waals surface area contributed by atoms with E-state index < -0.39 is 0 Å². The molecule has 0 bridgehead atoms. The Kier molecular flexibility index (Phi) is 4.14. The summed E-state index contributed by atoms with van der Waals surface area (Å²) in [5.41, 5.74) is 0. The van der Waals surface area contributed by atoms with E-state index in [1.807, 2.05) is 6.07 Å². The zero-order valence-corrected chi connectivity index (χ0v) is 11.8. The fraction of sp³-hybridized carbons (Fsp3) is 0.400. The number of aromatic nitrogens is 2. The van der Waals surface area contributed by atoms with Gasteiger partial charge in [0.2, 0.25) is 0 Å². The van der Waals surface area contributed by atoms with Crippen LogP contribution in [0.15, 0.2) is 34.9 Å². The molecule has 6 heteroatoms. The maximum atomic E-state index is 11.8. The van der Waals surface area contributed by atoms with E-state index in [4.69, 9.17) is 4.42 Å². The van der Waals surface area contributed by atoms with Gasteiger partial charge in [-0.2, -0.15) is 0 Å². The van der Waals surface area contributed by atoms with Crippen molar-refractivity contribution in [3.63, 3.8) is 0 Å². The van der Waals surface area contributed by atoms with Crippen LogP contribution in [0.1, 0.15) is 36.2 Å². The van der Waals surface area contributed by atoms with Gasteiger partial charge >= 0.3 is 0 Å². The Morgan fingerprint density at radius 2 is 1.90 bits per heavy atom. The summed E-state index contributed by atoms with van der Waals surface area (Å²) < 4.78 is 5.03. The minimum Gasteiger partial charge on any atom is -0.459 e. The van der Waals surface area contributed by atoms with E-state index in [1.54, 1.807) is 18.2 Å². The zero-order chi connectivity index (χ0) is 14.5. The lowest BCUT2D eigenvalue weighted by Gasteiger charge is -2.20. The third kappa shape index (κ3) is 3.39. The van der Waals surface area contributed by atoms with Crippen LogP contribution in [0.4, 0.5) is 11.6 Å². The number of hydrogen-bond acceptors (Lipinski definition) is 5. The van der Waals surface area contributed by atoms with Gasteiger partial charge < -0.3 is 14.6 Å². The number of nitrogens with one attached hydrogen (secondary N) is 1. The second kappa shape index (κ2) is 6.39. The Labute approximate surface area is 123 Å². The molecule has 0 spiro atoms. The summed E-state index contributed by atoms with van der Waals surface area (Å²) >= 11 is 0. The lowest BCUT2D eigenvalue weighted by molar-refractivity contribution is 0.0996. The Balaban J connectivity index is 1.65. The van der Waals surface area contributed by atoms with Crippen LogP contribution in [0, 0.1) is 0 Å². The van der Waals surface area contributed by atoms with E-state index in [2.05, 4.69) is 20.4 Å². The van der Waals surface area contributed by atoms with Crippen molar-refractivity contribution in [3.8, 4) is 0 Å². The molecule has 0 atom stereocenters. The summed E-state index contributed by atoms with van der Waals surface area (Å²) in [7, 11) is 0. The smallest absolute Gasteiger partial charge is 0.292 e. The first kappa shape index (κ1) is 13.6. The Bertz CT molecular complexity index is 572. The second-order valence-electron chi connectivity index (χ2n) is 5.11. The van der Waals surface area contributed by atoms with Gasteiger partial charge in [-0.1, -0.05) is 12.8 Å². The van der Waals surface area contributed by atoms with Crippen molar-refractivity contribution >= 4 is 17.5 Å². The van der Waals surface area contributed by atoms with Crippen LogP contribution in [0.5, 0.6) is 0 Å². The molecule has 0 aromatic carbocycles. The lowest BCUT2D eigenvalue weighted by atomic mass is 10.2. The van der Waals surface area contributed by atoms with Gasteiger partial charge in [0.1, 0.15) is 0 Å². The number of hydrogen-bond donors (Lipinski definition) is 1. The Morgan fingerprint density at radius 1 is 1.10 bits per heavy atom. The third-order valence-corrected chi connectivity index (χ3v) is 3.57. The fourth-order valence-electron chi connectivity index (χ4n) is 2.45. The zero-order valence-electron chi connectivity index (χ0n) is 11.8. The van der Waals surface area contributed by atoms with Crippen molar-refractivity contribution in [3.05, 3.63) is 36.3 Å². The minimum absolute atomic E-state index is 0.258. The van der Waals surface area contributed by atoms with Crippen molar-refractivity contribution in [2.24, 2.45) is 0 Å². The quantitative estimate of drug-likeness (QED) is 0.939. The van der Waals surface area contributed by atoms with Crippen LogP contribution in [-0.2, 0) is 0 Å². The molecule has 2 aromatic heterocycles. The highest BCUT2D eigenvalue weighted by Gasteiger charge is 2.13. The van der Waals surface area contributed by atoms with Gasteiger partial charge in [-0.3, -0.25) is 4.79 Å². The van der Waals surface area contributed by atoms with Gasteiger partial charge in [-0.15, -0.1) is 10.2 Å². The molecule has 0 saturated carbocycles. The van der Waals surface area contributed by atoms with Gasteiger partial charge in [-0.05, 0) is 37.1 Å². The average Bonchev–Trinajstić information content (AvgIpc) is 2.91. The molecule has 110 valence electrons. The summed E-state index contributed by atoms with van der Waals surface area (Å²) in [5, 5.41) is 10.9. The monoisotopic (exact) mass is 286 g/mol. The molecule has 21 heavy (non-hydrogen) atoms. The van der Waals surface area contributed by atoms with E-state index in [1.165, 1.54) is 31.9 Å². The van der Waals surface area contributed by atoms with Gasteiger partial charge in [0.25, 0.3) is 5.91 Å². The van der Waals surface area contributed by atoms with Crippen molar-refractivity contribution in [1.82, 2.24) is 10.2 Å². The first-order valence-corrected chi connectivity index (χ1v) is 7.26. The highest BCUT2D eigenvalue weighted by atomic mass is 16.3. The molecular formula is C15H18N4O2. The van der Waals surface area contributed by atoms with Crippen LogP contribution in [0.3, 0.4) is 0 Å². The molecule has 1 saturated heterocycles. The number of nitrogens with zero attached hydrogens (tertiary/aromatic N) is 3. The van der Waals surface area contributed by atoms with Crippen LogP contribution >= 0.6 is 0 Å². The summed E-state index contributed by atoms with van der Waals surface area (Å²) in [6.45, 7) is 2.04. The molecule has 1 aliphatic rings. The fourth-order valence-corrected chi connectivity index (χ4v) is 2.45. The van der Waals surface area contributed by atoms with Gasteiger partial charge in [0.05, 0.1) is 6.26 Å². The summed E-state index contributed by atoms with van der Waals surface area (Å²) in [4.78, 5) is 14.1. The second-order valence-corrected chi connectivity index (χ2v) is 5.11. The molecular weight excluding hydrogens is 268 g/mol. The minimum atomic E-state index is -0.322. The maximum Gasteiger partial charge on any atom is 0.292 e. The number of furan rings is 1. The van der Waals surface area contributed by atoms with E-state index in [0.29, 0.717) is 5.82 Å². The molecule has 0 radical (unpaired) electrons. The van der Waals surface area contributed by atoms with Gasteiger partial charge in [-0.25, -0.2) is 0 Å². The number of amides is 1. The SMILES string of the molecule is O=C(Nc1ccc(N2CCCCCC2)nn1)c1ccco1. The Morgan fingerprint density at radius 3 is 2.52 bits per heavy atom. The highest BCUT2D eigenvalue weighted by Crippen LogP contribution is 2.17. The summed E-state index contributed by atoms with van der Waals surface area (Å²) in [6, 6.07) is 6.95. The topological polar surface area (TPSA) is 71.3 Å². The molecule has 1 fully saturated rings. The summed E-state index contributed by atoms with van der Waals surface area (Å²) in [6.07, 6.45) is 6.41. The van der Waals surface area contributed by atoms with Gasteiger partial charge in [0, 0.05) is 13.1 Å². The van der Waals surface area contributed by atoms with Crippen LogP contribution in [0.2, 0.25) is 0 Å². The normalized spacial score (nSPS) is 15.5. The predicted octanol–water partition coefficient (Wildman–Crippen LogP) is 2.70. The predicted molar refractivity (Wildman–Crippen MR) is 79.4 cm³/mol. The van der Waals surface area contributed by atoms with E-state index >= 15 is 0 Å². The first-order chi connectivity index (χ1) is 10.3. The van der Waals surface area contributed by atoms with Crippen molar-refractivity contribution in [1.29, 1.82) is 0 Å².